The summed E-state index contributed by atoms with van der Waals surface area (Å²) in [4.78, 5) is 19.8. The van der Waals surface area contributed by atoms with Crippen molar-refractivity contribution in [1.82, 2.24) is 0 Å². The van der Waals surface area contributed by atoms with Gasteiger partial charge >= 0.3 is 17.9 Å². The van der Waals surface area contributed by atoms with Gasteiger partial charge < -0.3 is 0 Å². The summed E-state index contributed by atoms with van der Waals surface area (Å²) in [7, 11) is 0. The Kier molecular flexibility index (Phi) is 5.85. The van der Waals surface area contributed by atoms with Gasteiger partial charge in [-0.25, -0.2) is 4.39 Å². The maximum Gasteiger partial charge on any atom is 0.458 e. The van der Waals surface area contributed by atoms with E-state index in [-0.39, 0.29) is 26.2 Å². The standard InChI is InChI=1S/C5H2F6O2.Zr/c6-1-4(7,8)2(12)3(13)5(9,10)11;/h1H2;. The summed E-state index contributed by atoms with van der Waals surface area (Å²) in [5, 5.41) is 0. The number of Topliss-reactive ketones (excluding diaryl/α,β-unsaturated/α-hetero) is 2. The first-order valence-electron chi connectivity index (χ1n) is 2.72. The first kappa shape index (κ1) is 16.2. The molecule has 0 aromatic heterocycles. The molecule has 0 aromatic carbocycles. The normalized spacial score (nSPS) is 11.9. The minimum absolute atomic E-state index is 0. The summed E-state index contributed by atoms with van der Waals surface area (Å²) in [6.45, 7) is -2.63. The number of hydrogen-bond donors (Lipinski definition) is 0. The van der Waals surface area contributed by atoms with Gasteiger partial charge in [0, 0.05) is 26.2 Å². The molecule has 14 heavy (non-hydrogen) atoms. The Morgan fingerprint density at radius 3 is 1.50 bits per heavy atom. The minimum atomic E-state index is -5.70. The maximum atomic E-state index is 11.9. The van der Waals surface area contributed by atoms with E-state index in [1.807, 2.05) is 0 Å². The van der Waals surface area contributed by atoms with E-state index < -0.39 is 30.3 Å². The fraction of sp³-hybridized carbons (Fsp3) is 0.600. The van der Waals surface area contributed by atoms with E-state index in [2.05, 4.69) is 0 Å². The van der Waals surface area contributed by atoms with E-state index in [0.717, 1.165) is 0 Å². The van der Waals surface area contributed by atoms with Crippen LogP contribution in [0.2, 0.25) is 0 Å². The Hall–Kier alpha value is -0.197. The van der Waals surface area contributed by atoms with Crippen LogP contribution in [0.15, 0.2) is 0 Å². The predicted molar refractivity (Wildman–Crippen MR) is 27.0 cm³/mol. The molecule has 0 spiro atoms. The summed E-state index contributed by atoms with van der Waals surface area (Å²) < 4.78 is 69.1. The number of alkyl halides is 6. The largest absolute Gasteiger partial charge is 0.458 e. The van der Waals surface area contributed by atoms with E-state index in [0.29, 0.717) is 0 Å². The number of carbonyl (C=O) groups is 2. The molecule has 0 saturated heterocycles. The fourth-order valence-corrected chi connectivity index (χ4v) is 0.356. The van der Waals surface area contributed by atoms with Gasteiger partial charge in [0.25, 0.3) is 5.78 Å². The van der Waals surface area contributed by atoms with E-state index in [1.165, 1.54) is 0 Å². The summed E-state index contributed by atoms with van der Waals surface area (Å²) in [6, 6.07) is 0. The zero-order valence-electron chi connectivity index (χ0n) is 6.29. The van der Waals surface area contributed by atoms with Gasteiger partial charge in [-0.1, -0.05) is 0 Å². The summed E-state index contributed by atoms with van der Waals surface area (Å²) in [6.07, 6.45) is -5.70. The van der Waals surface area contributed by atoms with Gasteiger partial charge in [-0.2, -0.15) is 22.0 Å². The van der Waals surface area contributed by atoms with Gasteiger partial charge in [0.1, 0.15) is 0 Å². The number of halogens is 6. The summed E-state index contributed by atoms with van der Waals surface area (Å²) in [5.41, 5.74) is 0. The molecule has 0 fully saturated rings. The van der Waals surface area contributed by atoms with E-state index >= 15 is 0 Å². The molecule has 2 nitrogen and oxygen atoms in total. The number of carbonyl (C=O) groups excluding carboxylic acids is 2. The Labute approximate surface area is 92.8 Å². The van der Waals surface area contributed by atoms with Gasteiger partial charge in [0.05, 0.1) is 0 Å². The second-order valence-electron chi connectivity index (χ2n) is 1.99. The molecule has 0 unspecified atom stereocenters. The monoisotopic (exact) mass is 298 g/mol. The van der Waals surface area contributed by atoms with Crippen LogP contribution in [0.1, 0.15) is 0 Å². The topological polar surface area (TPSA) is 34.1 Å². The Morgan fingerprint density at radius 2 is 1.29 bits per heavy atom. The van der Waals surface area contributed by atoms with Crippen LogP contribution >= 0.6 is 0 Å². The van der Waals surface area contributed by atoms with Crippen LogP contribution in [-0.2, 0) is 35.8 Å². The van der Waals surface area contributed by atoms with Gasteiger partial charge in [0.15, 0.2) is 6.67 Å². The van der Waals surface area contributed by atoms with Crippen LogP contribution in [0.25, 0.3) is 0 Å². The average molecular weight is 299 g/mol. The molecule has 0 atom stereocenters. The third-order valence-corrected chi connectivity index (χ3v) is 0.964. The van der Waals surface area contributed by atoms with Crippen LogP contribution in [0.3, 0.4) is 0 Å². The molecule has 0 N–H and O–H groups in total. The van der Waals surface area contributed by atoms with Crippen LogP contribution in [-0.4, -0.2) is 30.3 Å². The maximum absolute atomic E-state index is 11.9. The second-order valence-corrected chi connectivity index (χ2v) is 1.99. The van der Waals surface area contributed by atoms with Crippen molar-refractivity contribution in [3.63, 3.8) is 0 Å². The van der Waals surface area contributed by atoms with Gasteiger partial charge in [-0.3, -0.25) is 9.59 Å². The molecule has 0 radical (unpaired) electrons. The molecule has 0 aromatic rings. The quantitative estimate of drug-likeness (QED) is 0.581. The smallest absolute Gasteiger partial charge is 0.284 e. The molecule has 9 heteroatoms. The van der Waals surface area contributed by atoms with Crippen LogP contribution in [0.5, 0.6) is 0 Å². The molecule has 0 aliphatic heterocycles. The Bertz CT molecular complexity index is 235. The summed E-state index contributed by atoms with van der Waals surface area (Å²) in [5.74, 6) is -11.2. The Balaban J connectivity index is 0. The van der Waals surface area contributed by atoms with Gasteiger partial charge in [0.2, 0.25) is 0 Å². The van der Waals surface area contributed by atoms with Crippen LogP contribution in [0.4, 0.5) is 26.3 Å². The number of ketones is 2. The third-order valence-electron chi connectivity index (χ3n) is 0.964. The predicted octanol–water partition coefficient (Wildman–Crippen LogP) is 1.29. The minimum Gasteiger partial charge on any atom is -0.284 e. The molecule has 0 amide bonds. The van der Waals surface area contributed by atoms with Gasteiger partial charge in [-0.15, -0.1) is 0 Å². The molecular formula is C5H2F6O2Zr. The number of rotatable bonds is 3. The van der Waals surface area contributed by atoms with E-state index in [1.54, 1.807) is 0 Å². The van der Waals surface area contributed by atoms with Crippen molar-refractivity contribution in [3.05, 3.63) is 0 Å². The zero-order chi connectivity index (χ0) is 10.9. The molecule has 0 heterocycles. The molecule has 80 valence electrons. The summed E-state index contributed by atoms with van der Waals surface area (Å²) >= 11 is 0. The molecule has 0 bridgehead atoms. The van der Waals surface area contributed by atoms with Crippen molar-refractivity contribution >= 4 is 11.6 Å². The van der Waals surface area contributed by atoms with Crippen molar-refractivity contribution in [2.75, 3.05) is 6.67 Å². The fourth-order valence-electron chi connectivity index (χ4n) is 0.356. The molecule has 0 rings (SSSR count). The van der Waals surface area contributed by atoms with E-state index in [4.69, 9.17) is 0 Å². The first-order chi connectivity index (χ1) is 5.63. The van der Waals surface area contributed by atoms with Crippen molar-refractivity contribution in [1.29, 1.82) is 0 Å². The van der Waals surface area contributed by atoms with Gasteiger partial charge in [-0.05, 0) is 0 Å². The van der Waals surface area contributed by atoms with Crippen molar-refractivity contribution in [2.24, 2.45) is 0 Å². The third kappa shape index (κ3) is 3.90. The SMILES string of the molecule is O=C(C(=O)C(F)(F)CF)C(F)(F)F.[Zr]. The molecule has 0 saturated carbocycles. The Morgan fingerprint density at radius 1 is 0.929 bits per heavy atom. The first-order valence-corrected chi connectivity index (χ1v) is 2.72. The van der Waals surface area contributed by atoms with Crippen molar-refractivity contribution in [3.8, 4) is 0 Å². The van der Waals surface area contributed by atoms with Crippen LogP contribution in [0, 0.1) is 0 Å². The molecule has 0 aliphatic rings. The number of hydrogen-bond acceptors (Lipinski definition) is 2. The zero-order valence-corrected chi connectivity index (χ0v) is 8.75. The van der Waals surface area contributed by atoms with Crippen molar-refractivity contribution < 1.29 is 62.1 Å². The molecular weight excluding hydrogens is 297 g/mol. The molecule has 0 aliphatic carbocycles. The second kappa shape index (κ2) is 5.04. The van der Waals surface area contributed by atoms with Crippen LogP contribution < -0.4 is 0 Å². The average Bonchev–Trinajstić information content (AvgIpc) is 2.00. The van der Waals surface area contributed by atoms with E-state index in [9.17, 15) is 35.9 Å². The van der Waals surface area contributed by atoms with Crippen molar-refractivity contribution in [2.45, 2.75) is 12.1 Å².